The van der Waals surface area contributed by atoms with Crippen LogP contribution >= 0.6 is 0 Å². The van der Waals surface area contributed by atoms with Gasteiger partial charge in [0, 0.05) is 38.8 Å². The quantitative estimate of drug-likeness (QED) is 0.0273. The maximum absolute atomic E-state index is 12.5. The molecule has 0 saturated heterocycles. The first kappa shape index (κ1) is 58.6. The van der Waals surface area contributed by atoms with Crippen molar-refractivity contribution in [3.05, 3.63) is 12.2 Å². The number of methoxy groups -OCH3 is 1. The minimum absolute atomic E-state index is 0.160. The molecule has 4 amide bonds. The third-order valence-electron chi connectivity index (χ3n) is 7.77. The summed E-state index contributed by atoms with van der Waals surface area (Å²) in [6.07, 6.45) is 2.66. The Hall–Kier alpha value is -3.43. The van der Waals surface area contributed by atoms with Crippen molar-refractivity contribution >= 4 is 29.6 Å². The molecular formula is C39H73N5O18. The number of nitrogens with two attached hydrogens (primary N) is 2. The smallest absolute Gasteiger partial charge is 0.328 e. The number of hydrogen-bond donors (Lipinski definition) is 6. The van der Waals surface area contributed by atoms with E-state index in [1.807, 2.05) is 0 Å². The molecule has 0 saturated carbocycles. The van der Waals surface area contributed by atoms with Crippen LogP contribution in [0.15, 0.2) is 12.2 Å². The van der Waals surface area contributed by atoms with Crippen molar-refractivity contribution in [1.29, 1.82) is 0 Å². The molecule has 0 aliphatic rings. The fourth-order valence-electron chi connectivity index (χ4n) is 4.55. The largest absolute Gasteiger partial charge is 0.478 e. The number of amides is 4. The number of carbonyl (C=O) groups is 5. The number of rotatable bonds is 48. The Balaban J connectivity index is 3.46. The molecular weight excluding hydrogens is 826 g/mol. The van der Waals surface area contributed by atoms with E-state index in [-0.39, 0.29) is 31.9 Å². The number of nitrogens with one attached hydrogen (secondary N) is 3. The molecule has 2 unspecified atom stereocenters. The maximum Gasteiger partial charge on any atom is 0.328 e. The number of carboxylic acids is 1. The van der Waals surface area contributed by atoms with Crippen LogP contribution in [0, 0.1) is 0 Å². The second kappa shape index (κ2) is 45.6. The van der Waals surface area contributed by atoms with Gasteiger partial charge in [-0.1, -0.05) is 0 Å². The predicted octanol–water partition coefficient (Wildman–Crippen LogP) is -2.45. The van der Waals surface area contributed by atoms with E-state index in [4.69, 9.17) is 73.4 Å². The van der Waals surface area contributed by atoms with Crippen LogP contribution < -0.4 is 27.4 Å². The highest BCUT2D eigenvalue weighted by Gasteiger charge is 2.24. The summed E-state index contributed by atoms with van der Waals surface area (Å²) in [6, 6.07) is -2.23. The molecule has 0 aromatic heterocycles. The Labute approximate surface area is 364 Å². The third kappa shape index (κ3) is 41.9. The average molecular weight is 900 g/mol. The standard InChI is InChI=1S/C39H73N5O18/c1-51-10-11-53-14-15-55-18-19-57-22-23-59-26-27-61-30-31-62-29-28-60-25-24-58-21-20-56-17-16-54-13-12-52-9-7-35(45)42-8-3-2-4-33(38(41)49)44-39(50)34(32-40)43-36(46)5-6-37(47)48/h5-6,33-34H,2-4,7-32,40H2,1H3,(H2,41,49)(H,42,45)(H,43,46)(H,44,50)(H,47,48)/b6-5-. The summed E-state index contributed by atoms with van der Waals surface area (Å²) < 4.78 is 64.7. The van der Waals surface area contributed by atoms with Crippen molar-refractivity contribution in [2.45, 2.75) is 37.8 Å². The van der Waals surface area contributed by atoms with Crippen LogP contribution in [-0.4, -0.2) is 219 Å². The number of primary amides is 1. The van der Waals surface area contributed by atoms with Crippen molar-refractivity contribution in [2.24, 2.45) is 11.5 Å². The fourth-order valence-corrected chi connectivity index (χ4v) is 4.55. The van der Waals surface area contributed by atoms with Gasteiger partial charge in [0.1, 0.15) is 12.1 Å². The zero-order valence-corrected chi connectivity index (χ0v) is 36.4. The lowest BCUT2D eigenvalue weighted by molar-refractivity contribution is -0.132. The van der Waals surface area contributed by atoms with Gasteiger partial charge in [0.2, 0.25) is 23.6 Å². The molecule has 62 heavy (non-hydrogen) atoms. The Bertz CT molecular complexity index is 1140. The highest BCUT2D eigenvalue weighted by Crippen LogP contribution is 2.02. The van der Waals surface area contributed by atoms with Gasteiger partial charge in [-0.3, -0.25) is 19.2 Å². The summed E-state index contributed by atoms with van der Waals surface area (Å²) in [7, 11) is 1.63. The molecule has 0 aromatic carbocycles. The second-order valence-electron chi connectivity index (χ2n) is 12.8. The molecule has 0 rings (SSSR count). The minimum atomic E-state index is -1.34. The Morgan fingerprint density at radius 3 is 1.23 bits per heavy atom. The van der Waals surface area contributed by atoms with Gasteiger partial charge in [-0.05, 0) is 19.3 Å². The van der Waals surface area contributed by atoms with E-state index in [9.17, 15) is 24.0 Å². The monoisotopic (exact) mass is 899 g/mol. The van der Waals surface area contributed by atoms with Gasteiger partial charge in [0.05, 0.1) is 152 Å². The number of aliphatic carboxylic acids is 1. The van der Waals surface area contributed by atoms with Gasteiger partial charge < -0.3 is 89.4 Å². The number of hydrogen-bond acceptors (Lipinski definition) is 18. The highest BCUT2D eigenvalue weighted by atomic mass is 16.6. The van der Waals surface area contributed by atoms with E-state index in [0.717, 1.165) is 6.08 Å². The molecule has 0 aromatic rings. The predicted molar refractivity (Wildman–Crippen MR) is 221 cm³/mol. The highest BCUT2D eigenvalue weighted by molar-refractivity contribution is 5.97. The van der Waals surface area contributed by atoms with Gasteiger partial charge >= 0.3 is 5.97 Å². The normalized spacial score (nSPS) is 12.4. The molecule has 0 radical (unpaired) electrons. The van der Waals surface area contributed by atoms with E-state index in [1.54, 1.807) is 7.11 Å². The lowest BCUT2D eigenvalue weighted by Crippen LogP contribution is -2.55. The van der Waals surface area contributed by atoms with Crippen LogP contribution in [0.25, 0.3) is 0 Å². The van der Waals surface area contributed by atoms with Crippen LogP contribution in [0.3, 0.4) is 0 Å². The molecule has 0 bridgehead atoms. The van der Waals surface area contributed by atoms with Crippen molar-refractivity contribution in [2.75, 3.05) is 172 Å². The Morgan fingerprint density at radius 2 is 0.887 bits per heavy atom. The first-order chi connectivity index (χ1) is 30.2. The van der Waals surface area contributed by atoms with Crippen LogP contribution in [-0.2, 0) is 80.8 Å². The van der Waals surface area contributed by atoms with Gasteiger partial charge in [0.25, 0.3) is 0 Å². The summed E-state index contributed by atoms with van der Waals surface area (Å²) in [5, 5.41) is 16.0. The van der Waals surface area contributed by atoms with Crippen LogP contribution in [0.1, 0.15) is 25.7 Å². The summed E-state index contributed by atoms with van der Waals surface area (Å²) in [5.74, 6) is -3.90. The van der Waals surface area contributed by atoms with Crippen molar-refractivity contribution in [3.8, 4) is 0 Å². The summed E-state index contributed by atoms with van der Waals surface area (Å²) in [6.45, 7) is 10.5. The van der Waals surface area contributed by atoms with Gasteiger partial charge in [-0.15, -0.1) is 0 Å². The lowest BCUT2D eigenvalue weighted by Gasteiger charge is -2.20. The van der Waals surface area contributed by atoms with Crippen LogP contribution in [0.2, 0.25) is 0 Å². The molecule has 8 N–H and O–H groups in total. The van der Waals surface area contributed by atoms with Gasteiger partial charge in [0.15, 0.2) is 0 Å². The van der Waals surface area contributed by atoms with E-state index >= 15 is 0 Å². The zero-order valence-electron chi connectivity index (χ0n) is 36.4. The fraction of sp³-hybridized carbons (Fsp3) is 0.821. The van der Waals surface area contributed by atoms with E-state index in [1.165, 1.54) is 0 Å². The lowest BCUT2D eigenvalue weighted by atomic mass is 10.1. The number of unbranched alkanes of at least 4 members (excludes halogenated alkanes) is 1. The topological polar surface area (TPSA) is 304 Å². The number of ether oxygens (including phenoxy) is 12. The Morgan fingerprint density at radius 1 is 0.516 bits per heavy atom. The minimum Gasteiger partial charge on any atom is -0.478 e. The third-order valence-corrected chi connectivity index (χ3v) is 7.77. The van der Waals surface area contributed by atoms with Gasteiger partial charge in [-0.25, -0.2) is 4.79 Å². The zero-order chi connectivity index (χ0) is 45.6. The summed E-state index contributed by atoms with van der Waals surface area (Å²) >= 11 is 0. The number of carboxylic acid groups (broad SMARTS) is 1. The van der Waals surface area contributed by atoms with Crippen LogP contribution in [0.4, 0.5) is 0 Å². The second-order valence-corrected chi connectivity index (χ2v) is 12.8. The van der Waals surface area contributed by atoms with E-state index < -0.39 is 35.8 Å². The van der Waals surface area contributed by atoms with E-state index in [2.05, 4.69) is 16.0 Å². The summed E-state index contributed by atoms with van der Waals surface area (Å²) in [5.41, 5.74) is 10.9. The molecule has 0 spiro atoms. The van der Waals surface area contributed by atoms with Crippen molar-refractivity contribution in [3.63, 3.8) is 0 Å². The summed E-state index contributed by atoms with van der Waals surface area (Å²) in [4.78, 5) is 58.6. The van der Waals surface area contributed by atoms with E-state index in [0.29, 0.717) is 171 Å². The average Bonchev–Trinajstić information content (AvgIpc) is 3.25. The SMILES string of the molecule is COCCOCCOCCOCCOCCOCCOCCOCCOCCOCCOCCOCCC(=O)NCCCCC(NC(=O)C(CN)NC(=O)/C=C\C(=O)O)C(N)=O. The molecule has 23 nitrogen and oxygen atoms in total. The Kier molecular flexibility index (Phi) is 43.1. The number of carbonyl (C=O) groups excluding carboxylic acids is 4. The molecule has 0 aliphatic carbocycles. The molecule has 2 atom stereocenters. The van der Waals surface area contributed by atoms with Crippen LogP contribution in [0.5, 0.6) is 0 Å². The van der Waals surface area contributed by atoms with Crippen molar-refractivity contribution in [1.82, 2.24) is 16.0 Å². The first-order valence-electron chi connectivity index (χ1n) is 20.8. The molecule has 0 aliphatic heterocycles. The first-order valence-corrected chi connectivity index (χ1v) is 20.8. The molecule has 0 heterocycles. The molecule has 0 fully saturated rings. The maximum atomic E-state index is 12.5. The molecule has 362 valence electrons. The van der Waals surface area contributed by atoms with Crippen molar-refractivity contribution < 1.29 is 85.9 Å². The van der Waals surface area contributed by atoms with Gasteiger partial charge in [-0.2, -0.15) is 0 Å². The molecule has 23 heteroatoms.